The van der Waals surface area contributed by atoms with E-state index in [1.807, 2.05) is 30.3 Å². The topological polar surface area (TPSA) is 59.7 Å². The smallest absolute Gasteiger partial charge is 0.336 e. The molecule has 0 fully saturated rings. The molecule has 0 amide bonds. The lowest BCUT2D eigenvalue weighted by molar-refractivity contribution is 0.414. The fraction of sp³-hybridized carbons (Fsp3) is 0.0556. The Bertz CT molecular complexity index is 1090. The summed E-state index contributed by atoms with van der Waals surface area (Å²) < 4.78 is 11.4. The van der Waals surface area contributed by atoms with Crippen LogP contribution in [-0.2, 0) is 0 Å². The molecule has 0 saturated heterocycles. The molecule has 0 saturated carbocycles. The number of benzene rings is 2. The summed E-state index contributed by atoms with van der Waals surface area (Å²) in [4.78, 5) is 12.6. The van der Waals surface area contributed by atoms with E-state index in [9.17, 15) is 9.90 Å². The van der Waals surface area contributed by atoms with Crippen molar-refractivity contribution in [1.82, 2.24) is 0 Å². The van der Waals surface area contributed by atoms with Crippen LogP contribution in [0.3, 0.4) is 0 Å². The van der Waals surface area contributed by atoms with Gasteiger partial charge in [0.1, 0.15) is 17.1 Å². The average molecular weight is 324 g/mol. The summed E-state index contributed by atoms with van der Waals surface area (Å²) in [7, 11) is 1.56. The zero-order valence-corrected chi connectivity index (χ0v) is 13.0. The molecule has 4 aromatic rings. The highest BCUT2D eigenvalue weighted by Gasteiger charge is 2.17. The van der Waals surface area contributed by atoms with Gasteiger partial charge in [0, 0.05) is 33.2 Å². The van der Waals surface area contributed by atoms with Crippen LogP contribution in [0.25, 0.3) is 31.5 Å². The first-order chi connectivity index (χ1) is 11.2. The Labute approximate surface area is 135 Å². The fourth-order valence-corrected chi connectivity index (χ4v) is 3.80. The maximum Gasteiger partial charge on any atom is 0.336 e. The second kappa shape index (κ2) is 5.14. The molecule has 23 heavy (non-hydrogen) atoms. The molecule has 0 aliphatic carbocycles. The lowest BCUT2D eigenvalue weighted by Crippen LogP contribution is -1.97. The summed E-state index contributed by atoms with van der Waals surface area (Å²) in [6, 6.07) is 14.3. The van der Waals surface area contributed by atoms with Crippen LogP contribution in [0.2, 0.25) is 0 Å². The van der Waals surface area contributed by atoms with Crippen molar-refractivity contribution >= 4 is 32.4 Å². The molecule has 0 aliphatic rings. The molecule has 0 spiro atoms. The van der Waals surface area contributed by atoms with Gasteiger partial charge in [-0.1, -0.05) is 12.1 Å². The van der Waals surface area contributed by atoms with Crippen LogP contribution < -0.4 is 10.4 Å². The first-order valence-electron chi connectivity index (χ1n) is 7.00. The number of ether oxygens (including phenoxy) is 1. The highest BCUT2D eigenvalue weighted by atomic mass is 32.1. The average Bonchev–Trinajstić information content (AvgIpc) is 2.90. The highest BCUT2D eigenvalue weighted by molar-refractivity contribution is 7.22. The third-order valence-corrected chi connectivity index (χ3v) is 4.96. The van der Waals surface area contributed by atoms with Crippen LogP contribution in [-0.4, -0.2) is 12.2 Å². The molecule has 0 atom stereocenters. The van der Waals surface area contributed by atoms with Crippen LogP contribution in [0, 0.1) is 0 Å². The SMILES string of the molecule is COc1ccc2c(-c3sc4ccccc4c3O)cc(=O)oc2c1. The molecule has 4 nitrogen and oxygen atoms in total. The zero-order valence-electron chi connectivity index (χ0n) is 12.2. The van der Waals surface area contributed by atoms with Gasteiger partial charge in [-0.05, 0) is 24.3 Å². The maximum atomic E-state index is 11.9. The van der Waals surface area contributed by atoms with Crippen molar-refractivity contribution in [3.8, 4) is 21.9 Å². The molecule has 0 unspecified atom stereocenters. The highest BCUT2D eigenvalue weighted by Crippen LogP contribution is 2.45. The van der Waals surface area contributed by atoms with E-state index in [2.05, 4.69) is 0 Å². The van der Waals surface area contributed by atoms with Gasteiger partial charge in [-0.3, -0.25) is 0 Å². The second-order valence-electron chi connectivity index (χ2n) is 5.12. The predicted molar refractivity (Wildman–Crippen MR) is 91.5 cm³/mol. The van der Waals surface area contributed by atoms with Gasteiger partial charge < -0.3 is 14.3 Å². The molecule has 5 heteroatoms. The van der Waals surface area contributed by atoms with Gasteiger partial charge in [-0.2, -0.15) is 0 Å². The number of methoxy groups -OCH3 is 1. The Morgan fingerprint density at radius 3 is 2.70 bits per heavy atom. The molecule has 0 radical (unpaired) electrons. The van der Waals surface area contributed by atoms with Crippen LogP contribution in [0.4, 0.5) is 0 Å². The fourth-order valence-electron chi connectivity index (χ4n) is 2.67. The van der Waals surface area contributed by atoms with Crippen LogP contribution in [0.1, 0.15) is 0 Å². The summed E-state index contributed by atoms with van der Waals surface area (Å²) in [6.07, 6.45) is 0. The number of hydrogen-bond donors (Lipinski definition) is 1. The number of rotatable bonds is 2. The first-order valence-corrected chi connectivity index (χ1v) is 7.82. The molecule has 0 aliphatic heterocycles. The van der Waals surface area contributed by atoms with Crippen molar-refractivity contribution < 1.29 is 14.3 Å². The zero-order chi connectivity index (χ0) is 16.0. The lowest BCUT2D eigenvalue weighted by Gasteiger charge is -2.06. The number of thiophene rings is 1. The van der Waals surface area contributed by atoms with Gasteiger partial charge in [0.05, 0.1) is 12.0 Å². The van der Waals surface area contributed by atoms with Crippen molar-refractivity contribution in [1.29, 1.82) is 0 Å². The van der Waals surface area contributed by atoms with Crippen molar-refractivity contribution in [2.24, 2.45) is 0 Å². The van der Waals surface area contributed by atoms with E-state index >= 15 is 0 Å². The van der Waals surface area contributed by atoms with E-state index in [1.54, 1.807) is 19.2 Å². The van der Waals surface area contributed by atoms with E-state index in [4.69, 9.17) is 9.15 Å². The summed E-state index contributed by atoms with van der Waals surface area (Å²) in [6.45, 7) is 0. The predicted octanol–water partition coefficient (Wildman–Crippen LogP) is 4.39. The Balaban J connectivity index is 2.07. The van der Waals surface area contributed by atoms with E-state index in [-0.39, 0.29) is 5.75 Å². The minimum atomic E-state index is -0.461. The quantitative estimate of drug-likeness (QED) is 0.556. The van der Waals surface area contributed by atoms with Crippen LogP contribution in [0.5, 0.6) is 11.5 Å². The molecule has 0 bridgehead atoms. The minimum Gasteiger partial charge on any atom is -0.506 e. The van der Waals surface area contributed by atoms with Crippen molar-refractivity contribution in [2.75, 3.05) is 7.11 Å². The molecule has 114 valence electrons. The Morgan fingerprint density at radius 2 is 1.91 bits per heavy atom. The second-order valence-corrected chi connectivity index (χ2v) is 6.17. The Kier molecular flexibility index (Phi) is 3.09. The van der Waals surface area contributed by atoms with Gasteiger partial charge in [-0.15, -0.1) is 11.3 Å². The lowest BCUT2D eigenvalue weighted by atomic mass is 10.1. The number of aromatic hydroxyl groups is 1. The molecule has 2 aromatic heterocycles. The van der Waals surface area contributed by atoms with E-state index in [0.717, 1.165) is 15.5 Å². The van der Waals surface area contributed by atoms with Crippen LogP contribution >= 0.6 is 11.3 Å². The largest absolute Gasteiger partial charge is 0.506 e. The van der Waals surface area contributed by atoms with Gasteiger partial charge in [-0.25, -0.2) is 4.79 Å². The molecule has 1 N–H and O–H groups in total. The normalized spacial score (nSPS) is 11.2. The van der Waals surface area contributed by atoms with Gasteiger partial charge in [0.25, 0.3) is 0 Å². The molecule has 2 heterocycles. The molecular formula is C18H12O4S. The summed E-state index contributed by atoms with van der Waals surface area (Å²) in [5, 5.41) is 12.1. The van der Waals surface area contributed by atoms with Gasteiger partial charge in [0.2, 0.25) is 0 Å². The summed E-state index contributed by atoms with van der Waals surface area (Å²) in [5.41, 5.74) is 0.638. The van der Waals surface area contributed by atoms with Gasteiger partial charge >= 0.3 is 5.63 Å². The third kappa shape index (κ3) is 2.17. The van der Waals surface area contributed by atoms with Crippen molar-refractivity contribution in [3.05, 3.63) is 59.0 Å². The monoisotopic (exact) mass is 324 g/mol. The molecule has 2 aromatic carbocycles. The molecular weight excluding hydrogens is 312 g/mol. The standard InChI is InChI=1S/C18H12O4S/c1-21-10-6-7-11-13(9-16(19)22-14(11)8-10)18-17(20)12-4-2-3-5-15(12)23-18/h2-9,20H,1H3. The number of hydrogen-bond acceptors (Lipinski definition) is 5. The Hall–Kier alpha value is -2.79. The minimum absolute atomic E-state index is 0.188. The van der Waals surface area contributed by atoms with Crippen LogP contribution in [0.15, 0.2) is 57.7 Å². The first kappa shape index (κ1) is 13.8. The van der Waals surface area contributed by atoms with Crippen molar-refractivity contribution in [3.63, 3.8) is 0 Å². The Morgan fingerprint density at radius 1 is 1.09 bits per heavy atom. The third-order valence-electron chi connectivity index (χ3n) is 3.77. The van der Waals surface area contributed by atoms with E-state index in [1.165, 1.54) is 17.4 Å². The van der Waals surface area contributed by atoms with Gasteiger partial charge in [0.15, 0.2) is 0 Å². The van der Waals surface area contributed by atoms with E-state index < -0.39 is 5.63 Å². The number of fused-ring (bicyclic) bond motifs is 2. The van der Waals surface area contributed by atoms with E-state index in [0.29, 0.717) is 21.8 Å². The summed E-state index contributed by atoms with van der Waals surface area (Å²) >= 11 is 1.45. The summed E-state index contributed by atoms with van der Waals surface area (Å²) in [5.74, 6) is 0.798. The van der Waals surface area contributed by atoms with Crippen molar-refractivity contribution in [2.45, 2.75) is 0 Å². The maximum absolute atomic E-state index is 11.9. The molecule has 4 rings (SSSR count).